The van der Waals surface area contributed by atoms with Crippen molar-refractivity contribution in [2.45, 2.75) is 25.3 Å². The van der Waals surface area contributed by atoms with Gasteiger partial charge in [-0.3, -0.25) is 19.7 Å². The van der Waals surface area contributed by atoms with Crippen LogP contribution in [0.15, 0.2) is 0 Å². The molecule has 0 spiro atoms. The Kier molecular flexibility index (Phi) is 7.48. The van der Waals surface area contributed by atoms with Crippen LogP contribution in [0, 0.1) is 5.92 Å². The number of carbonyl (C=O) groups excluding carboxylic acids is 3. The van der Waals surface area contributed by atoms with E-state index in [0.717, 1.165) is 5.75 Å². The molecule has 7 heteroatoms. The summed E-state index contributed by atoms with van der Waals surface area (Å²) in [6.45, 7) is 0.104. The monoisotopic (exact) mass is 304 g/mol. The Balaban J connectivity index is 2.57. The fraction of sp³-hybridized carbons (Fsp3) is 0.750. The molecule has 0 saturated carbocycles. The molecule has 1 saturated heterocycles. The van der Waals surface area contributed by atoms with Gasteiger partial charge >= 0.3 is 0 Å². The first-order valence-corrected chi connectivity index (χ1v) is 8.09. The second-order valence-electron chi connectivity index (χ2n) is 4.58. The molecule has 1 aliphatic rings. The standard InChI is InChI=1S/C12H20N2O3S2/c13-12(17)10-7-19-4-2-8(11(16)6-14-10)5-9(15)1-3-18/h8,10,14,18H,1-7H2,(H2,13,17). The van der Waals surface area contributed by atoms with Crippen LogP contribution in [-0.2, 0) is 14.4 Å². The molecule has 0 aromatic carbocycles. The normalized spacial score (nSPS) is 25.2. The number of hydrogen-bond donors (Lipinski definition) is 3. The Bertz CT molecular complexity index is 350. The van der Waals surface area contributed by atoms with Crippen LogP contribution in [0.25, 0.3) is 0 Å². The molecule has 5 nitrogen and oxygen atoms in total. The molecule has 0 aromatic rings. The Hall–Kier alpha value is -0.530. The Morgan fingerprint density at radius 2 is 2.21 bits per heavy atom. The highest BCUT2D eigenvalue weighted by Crippen LogP contribution is 2.18. The van der Waals surface area contributed by atoms with Gasteiger partial charge < -0.3 is 5.73 Å². The number of thioether (sulfide) groups is 1. The van der Waals surface area contributed by atoms with Crippen LogP contribution in [0.5, 0.6) is 0 Å². The number of amides is 1. The second kappa shape index (κ2) is 8.60. The lowest BCUT2D eigenvalue weighted by Gasteiger charge is -2.14. The zero-order valence-corrected chi connectivity index (χ0v) is 12.5. The van der Waals surface area contributed by atoms with Crippen LogP contribution in [0.3, 0.4) is 0 Å². The summed E-state index contributed by atoms with van der Waals surface area (Å²) in [6.07, 6.45) is 1.36. The number of rotatable bonds is 5. The largest absolute Gasteiger partial charge is 0.368 e. The summed E-state index contributed by atoms with van der Waals surface area (Å²) < 4.78 is 0. The lowest BCUT2D eigenvalue weighted by molar-refractivity contribution is -0.127. The quantitative estimate of drug-likeness (QED) is 0.624. The highest BCUT2D eigenvalue weighted by molar-refractivity contribution is 7.99. The first-order chi connectivity index (χ1) is 9.04. The van der Waals surface area contributed by atoms with Crippen LogP contribution in [0.1, 0.15) is 19.3 Å². The molecule has 0 aliphatic carbocycles. The average Bonchev–Trinajstić information content (AvgIpc) is 2.43. The number of nitrogens with one attached hydrogen (secondary N) is 1. The van der Waals surface area contributed by atoms with Gasteiger partial charge in [-0.15, -0.1) is 0 Å². The predicted octanol–water partition coefficient (Wildman–Crippen LogP) is 0.0312. The molecule has 1 aliphatic heterocycles. The molecule has 3 N–H and O–H groups in total. The SMILES string of the molecule is NC(=O)C1CSCCC(CC(=O)CCS)C(=O)CN1. The summed E-state index contributed by atoms with van der Waals surface area (Å²) in [5.74, 6) is 1.21. The van der Waals surface area contributed by atoms with Crippen LogP contribution < -0.4 is 11.1 Å². The van der Waals surface area contributed by atoms with E-state index in [-0.39, 0.29) is 30.4 Å². The van der Waals surface area contributed by atoms with E-state index in [2.05, 4.69) is 17.9 Å². The van der Waals surface area contributed by atoms with E-state index in [4.69, 9.17) is 5.73 Å². The van der Waals surface area contributed by atoms with Gasteiger partial charge in [0.25, 0.3) is 0 Å². The van der Waals surface area contributed by atoms with Crippen molar-refractivity contribution >= 4 is 41.9 Å². The smallest absolute Gasteiger partial charge is 0.235 e. The van der Waals surface area contributed by atoms with Crippen molar-refractivity contribution in [1.29, 1.82) is 0 Å². The molecule has 19 heavy (non-hydrogen) atoms. The maximum Gasteiger partial charge on any atom is 0.235 e. The first-order valence-electron chi connectivity index (χ1n) is 6.30. The number of ketones is 2. The topological polar surface area (TPSA) is 89.3 Å². The summed E-state index contributed by atoms with van der Waals surface area (Å²) in [7, 11) is 0. The second-order valence-corrected chi connectivity index (χ2v) is 6.18. The molecule has 108 valence electrons. The van der Waals surface area contributed by atoms with Gasteiger partial charge in [-0.25, -0.2) is 0 Å². The third-order valence-corrected chi connectivity index (χ3v) is 4.40. The molecular weight excluding hydrogens is 284 g/mol. The van der Waals surface area contributed by atoms with Gasteiger partial charge in [-0.2, -0.15) is 24.4 Å². The van der Waals surface area contributed by atoms with E-state index in [1.165, 1.54) is 0 Å². The summed E-state index contributed by atoms with van der Waals surface area (Å²) in [5.41, 5.74) is 5.25. The lowest BCUT2D eigenvalue weighted by atomic mass is 9.94. The lowest BCUT2D eigenvalue weighted by Crippen LogP contribution is -2.45. The summed E-state index contributed by atoms with van der Waals surface area (Å²) in [4.78, 5) is 34.8. The van der Waals surface area contributed by atoms with Crippen molar-refractivity contribution in [1.82, 2.24) is 5.32 Å². The molecule has 2 atom stereocenters. The van der Waals surface area contributed by atoms with Gasteiger partial charge in [0.05, 0.1) is 12.6 Å². The van der Waals surface area contributed by atoms with Gasteiger partial charge in [-0.1, -0.05) is 0 Å². The van der Waals surface area contributed by atoms with Gasteiger partial charge in [-0.05, 0) is 17.9 Å². The molecule has 1 fully saturated rings. The number of nitrogens with two attached hydrogens (primary N) is 1. The van der Waals surface area contributed by atoms with E-state index in [0.29, 0.717) is 24.3 Å². The van der Waals surface area contributed by atoms with Crippen LogP contribution in [-0.4, -0.2) is 47.3 Å². The number of hydrogen-bond acceptors (Lipinski definition) is 6. The summed E-state index contributed by atoms with van der Waals surface area (Å²) in [6, 6.07) is -0.471. The minimum Gasteiger partial charge on any atom is -0.368 e. The molecule has 0 aromatic heterocycles. The van der Waals surface area contributed by atoms with Crippen LogP contribution in [0.2, 0.25) is 0 Å². The Morgan fingerprint density at radius 3 is 2.84 bits per heavy atom. The third kappa shape index (κ3) is 5.97. The maximum absolute atomic E-state index is 12.0. The molecule has 2 unspecified atom stereocenters. The van der Waals surface area contributed by atoms with Crippen molar-refractivity contribution in [2.75, 3.05) is 23.8 Å². The average molecular weight is 304 g/mol. The minimum atomic E-state index is -0.471. The summed E-state index contributed by atoms with van der Waals surface area (Å²) >= 11 is 5.60. The molecule has 1 rings (SSSR count). The Morgan fingerprint density at radius 1 is 1.47 bits per heavy atom. The molecular formula is C12H20N2O3S2. The number of primary amides is 1. The molecule has 0 radical (unpaired) electrons. The van der Waals surface area contributed by atoms with E-state index in [1.54, 1.807) is 11.8 Å². The van der Waals surface area contributed by atoms with Gasteiger partial charge in [0.1, 0.15) is 11.6 Å². The van der Waals surface area contributed by atoms with Crippen molar-refractivity contribution in [3.8, 4) is 0 Å². The van der Waals surface area contributed by atoms with Crippen molar-refractivity contribution in [3.05, 3.63) is 0 Å². The third-order valence-electron chi connectivity index (χ3n) is 3.08. The van der Waals surface area contributed by atoms with E-state index in [1.807, 2.05) is 0 Å². The fourth-order valence-corrected chi connectivity index (χ4v) is 3.30. The fourth-order valence-electron chi connectivity index (χ4n) is 1.92. The Labute approximate surface area is 122 Å². The van der Waals surface area contributed by atoms with Gasteiger partial charge in [0, 0.05) is 24.5 Å². The van der Waals surface area contributed by atoms with Crippen molar-refractivity contribution in [3.63, 3.8) is 0 Å². The zero-order valence-electron chi connectivity index (χ0n) is 10.8. The van der Waals surface area contributed by atoms with Gasteiger partial charge in [0.2, 0.25) is 5.91 Å². The van der Waals surface area contributed by atoms with Crippen molar-refractivity contribution < 1.29 is 14.4 Å². The molecule has 0 bridgehead atoms. The number of carbonyl (C=O) groups is 3. The first kappa shape index (κ1) is 16.5. The van der Waals surface area contributed by atoms with E-state index in [9.17, 15) is 14.4 Å². The van der Waals surface area contributed by atoms with E-state index < -0.39 is 11.9 Å². The minimum absolute atomic E-state index is 0.0127. The molecule has 1 amide bonds. The number of Topliss-reactive ketones (excluding diaryl/α,β-unsaturated/α-hetero) is 2. The van der Waals surface area contributed by atoms with E-state index >= 15 is 0 Å². The predicted molar refractivity (Wildman–Crippen MR) is 79.5 cm³/mol. The molecule has 1 heterocycles. The van der Waals surface area contributed by atoms with Crippen LogP contribution >= 0.6 is 24.4 Å². The maximum atomic E-state index is 12.0. The zero-order chi connectivity index (χ0) is 14.3. The highest BCUT2D eigenvalue weighted by Gasteiger charge is 2.25. The summed E-state index contributed by atoms with van der Waals surface area (Å²) in [5, 5.41) is 2.87. The van der Waals surface area contributed by atoms with Gasteiger partial charge in [0.15, 0.2) is 0 Å². The highest BCUT2D eigenvalue weighted by atomic mass is 32.2. The number of thiol groups is 1. The van der Waals surface area contributed by atoms with Crippen molar-refractivity contribution in [2.24, 2.45) is 11.7 Å². The van der Waals surface area contributed by atoms with Crippen LogP contribution in [0.4, 0.5) is 0 Å².